The van der Waals surface area contributed by atoms with Crippen molar-refractivity contribution in [2.75, 3.05) is 25.1 Å². The Balaban J connectivity index is 2.79. The predicted molar refractivity (Wildman–Crippen MR) is 68.6 cm³/mol. The highest BCUT2D eigenvalue weighted by Gasteiger charge is 2.11. The third-order valence-corrected chi connectivity index (χ3v) is 2.41. The summed E-state index contributed by atoms with van der Waals surface area (Å²) < 4.78 is 5.09. The van der Waals surface area contributed by atoms with Gasteiger partial charge in [0, 0.05) is 18.8 Å². The number of hydrogen-bond donors (Lipinski definition) is 2. The topological polar surface area (TPSA) is 52.9 Å². The second-order valence-corrected chi connectivity index (χ2v) is 4.30. The Morgan fingerprint density at radius 2 is 1.53 bits per heavy atom. The van der Waals surface area contributed by atoms with Crippen molar-refractivity contribution in [3.63, 3.8) is 0 Å². The molecule has 96 valence electrons. The molecule has 0 aliphatic rings. The van der Waals surface area contributed by atoms with Crippen molar-refractivity contribution < 1.29 is 14.9 Å². The van der Waals surface area contributed by atoms with E-state index >= 15 is 0 Å². The van der Waals surface area contributed by atoms with Crippen molar-refractivity contribution in [2.45, 2.75) is 26.1 Å². The Morgan fingerprint density at radius 3 is 1.88 bits per heavy atom. The lowest BCUT2D eigenvalue weighted by Gasteiger charge is -2.27. The number of benzene rings is 1. The molecule has 0 spiro atoms. The number of ether oxygens (including phenoxy) is 1. The summed E-state index contributed by atoms with van der Waals surface area (Å²) in [6, 6.07) is 7.58. The highest BCUT2D eigenvalue weighted by Crippen LogP contribution is 2.19. The number of aliphatic hydroxyl groups excluding tert-OH is 2. The van der Waals surface area contributed by atoms with E-state index in [-0.39, 0.29) is 0 Å². The summed E-state index contributed by atoms with van der Waals surface area (Å²) in [6.45, 7) is 4.46. The molecule has 2 unspecified atom stereocenters. The van der Waals surface area contributed by atoms with Crippen LogP contribution >= 0.6 is 0 Å². The summed E-state index contributed by atoms with van der Waals surface area (Å²) in [5.74, 6) is 0.794. The molecule has 0 fully saturated rings. The number of hydrogen-bond acceptors (Lipinski definition) is 4. The SMILES string of the molecule is COc1ccc(N(CC(C)O)CC(C)O)cc1. The molecule has 0 bridgehead atoms. The van der Waals surface area contributed by atoms with Crippen molar-refractivity contribution in [3.05, 3.63) is 24.3 Å². The molecule has 1 aromatic rings. The fraction of sp³-hybridized carbons (Fsp3) is 0.538. The number of methoxy groups -OCH3 is 1. The Labute approximate surface area is 102 Å². The van der Waals surface area contributed by atoms with Crippen molar-refractivity contribution in [1.29, 1.82) is 0 Å². The first-order valence-corrected chi connectivity index (χ1v) is 5.78. The van der Waals surface area contributed by atoms with Gasteiger partial charge in [0.15, 0.2) is 0 Å². The zero-order valence-electron chi connectivity index (χ0n) is 10.6. The van der Waals surface area contributed by atoms with Crippen LogP contribution < -0.4 is 9.64 Å². The van der Waals surface area contributed by atoms with Crippen LogP contribution in [0.2, 0.25) is 0 Å². The number of anilines is 1. The Hall–Kier alpha value is -1.26. The summed E-state index contributed by atoms with van der Waals surface area (Å²) >= 11 is 0. The maximum absolute atomic E-state index is 9.45. The number of rotatable bonds is 6. The van der Waals surface area contributed by atoms with Crippen LogP contribution in [0.4, 0.5) is 5.69 Å². The van der Waals surface area contributed by atoms with Crippen LogP contribution in [0.15, 0.2) is 24.3 Å². The standard InChI is InChI=1S/C13H21NO3/c1-10(15)8-14(9-11(2)16)12-4-6-13(17-3)7-5-12/h4-7,10-11,15-16H,8-9H2,1-3H3. The van der Waals surface area contributed by atoms with Crippen LogP contribution in [0.25, 0.3) is 0 Å². The van der Waals surface area contributed by atoms with Gasteiger partial charge in [-0.05, 0) is 38.1 Å². The fourth-order valence-corrected chi connectivity index (χ4v) is 1.72. The van der Waals surface area contributed by atoms with E-state index in [4.69, 9.17) is 4.74 Å². The summed E-state index contributed by atoms with van der Waals surface area (Å²) in [4.78, 5) is 1.95. The predicted octanol–water partition coefficient (Wildman–Crippen LogP) is 1.26. The molecular weight excluding hydrogens is 218 g/mol. The molecule has 2 atom stereocenters. The van der Waals surface area contributed by atoms with Crippen LogP contribution in [0.1, 0.15) is 13.8 Å². The van der Waals surface area contributed by atoms with Crippen LogP contribution in [0, 0.1) is 0 Å². The van der Waals surface area contributed by atoms with Gasteiger partial charge in [0.1, 0.15) is 5.75 Å². The Morgan fingerprint density at radius 1 is 1.06 bits per heavy atom. The van der Waals surface area contributed by atoms with E-state index in [9.17, 15) is 10.2 Å². The van der Waals surface area contributed by atoms with E-state index in [0.29, 0.717) is 13.1 Å². The van der Waals surface area contributed by atoms with Gasteiger partial charge in [-0.25, -0.2) is 0 Å². The van der Waals surface area contributed by atoms with Gasteiger partial charge >= 0.3 is 0 Å². The summed E-state index contributed by atoms with van der Waals surface area (Å²) in [5.41, 5.74) is 0.965. The lowest BCUT2D eigenvalue weighted by Crippen LogP contribution is -2.36. The Kier molecular flexibility index (Phi) is 5.25. The number of aliphatic hydroxyl groups is 2. The van der Waals surface area contributed by atoms with Crippen molar-refractivity contribution in [3.8, 4) is 5.75 Å². The van der Waals surface area contributed by atoms with Gasteiger partial charge < -0.3 is 19.8 Å². The highest BCUT2D eigenvalue weighted by molar-refractivity contribution is 5.49. The van der Waals surface area contributed by atoms with Gasteiger partial charge in [0.05, 0.1) is 19.3 Å². The van der Waals surface area contributed by atoms with Gasteiger partial charge in [-0.1, -0.05) is 0 Å². The quantitative estimate of drug-likeness (QED) is 0.785. The van der Waals surface area contributed by atoms with Crippen LogP contribution in [-0.4, -0.2) is 42.6 Å². The van der Waals surface area contributed by atoms with Crippen molar-refractivity contribution in [1.82, 2.24) is 0 Å². The fourth-order valence-electron chi connectivity index (χ4n) is 1.72. The molecule has 2 N–H and O–H groups in total. The van der Waals surface area contributed by atoms with Gasteiger partial charge in [-0.15, -0.1) is 0 Å². The zero-order valence-corrected chi connectivity index (χ0v) is 10.6. The molecule has 0 amide bonds. The summed E-state index contributed by atoms with van der Waals surface area (Å²) in [6.07, 6.45) is -0.869. The average Bonchev–Trinajstić information content (AvgIpc) is 2.27. The van der Waals surface area contributed by atoms with Crippen LogP contribution in [0.3, 0.4) is 0 Å². The highest BCUT2D eigenvalue weighted by atomic mass is 16.5. The van der Waals surface area contributed by atoms with Crippen LogP contribution in [-0.2, 0) is 0 Å². The second kappa shape index (κ2) is 6.47. The van der Waals surface area contributed by atoms with Crippen molar-refractivity contribution >= 4 is 5.69 Å². The summed E-state index contributed by atoms with van der Waals surface area (Å²) in [5, 5.41) is 18.9. The first kappa shape index (κ1) is 13.8. The molecule has 1 rings (SSSR count). The lowest BCUT2D eigenvalue weighted by atomic mass is 10.2. The van der Waals surface area contributed by atoms with E-state index in [1.54, 1.807) is 21.0 Å². The third-order valence-electron chi connectivity index (χ3n) is 2.41. The molecule has 4 nitrogen and oxygen atoms in total. The largest absolute Gasteiger partial charge is 0.497 e. The minimum absolute atomic E-state index is 0.434. The van der Waals surface area contributed by atoms with E-state index in [1.165, 1.54) is 0 Å². The monoisotopic (exact) mass is 239 g/mol. The lowest BCUT2D eigenvalue weighted by molar-refractivity contribution is 0.178. The van der Waals surface area contributed by atoms with Crippen molar-refractivity contribution in [2.24, 2.45) is 0 Å². The van der Waals surface area contributed by atoms with Gasteiger partial charge in [-0.3, -0.25) is 0 Å². The van der Waals surface area contributed by atoms with Gasteiger partial charge in [0.2, 0.25) is 0 Å². The maximum Gasteiger partial charge on any atom is 0.119 e. The van der Waals surface area contributed by atoms with Crippen LogP contribution in [0.5, 0.6) is 5.75 Å². The molecule has 0 saturated heterocycles. The molecular formula is C13H21NO3. The second-order valence-electron chi connectivity index (χ2n) is 4.30. The molecule has 0 aromatic heterocycles. The van der Waals surface area contributed by atoms with E-state index in [1.807, 2.05) is 29.2 Å². The molecule has 4 heteroatoms. The zero-order chi connectivity index (χ0) is 12.8. The number of nitrogens with zero attached hydrogens (tertiary/aromatic N) is 1. The normalized spacial score (nSPS) is 14.2. The average molecular weight is 239 g/mol. The smallest absolute Gasteiger partial charge is 0.119 e. The molecule has 0 saturated carbocycles. The first-order chi connectivity index (χ1) is 8.02. The van der Waals surface area contributed by atoms with Gasteiger partial charge in [0.25, 0.3) is 0 Å². The first-order valence-electron chi connectivity index (χ1n) is 5.78. The van der Waals surface area contributed by atoms with Gasteiger partial charge in [-0.2, -0.15) is 0 Å². The summed E-state index contributed by atoms with van der Waals surface area (Å²) in [7, 11) is 1.62. The molecule has 17 heavy (non-hydrogen) atoms. The van der Waals surface area contributed by atoms with E-state index < -0.39 is 12.2 Å². The molecule has 0 heterocycles. The Bertz CT molecular complexity index is 312. The minimum atomic E-state index is -0.434. The minimum Gasteiger partial charge on any atom is -0.497 e. The maximum atomic E-state index is 9.45. The van der Waals surface area contributed by atoms with E-state index in [2.05, 4.69) is 0 Å². The molecule has 0 aliphatic carbocycles. The van der Waals surface area contributed by atoms with E-state index in [0.717, 1.165) is 11.4 Å². The molecule has 0 aliphatic heterocycles. The third kappa shape index (κ3) is 4.63. The molecule has 0 radical (unpaired) electrons. The molecule has 1 aromatic carbocycles.